The first-order valence-corrected chi connectivity index (χ1v) is 9.23. The molecule has 2 atom stereocenters. The van der Waals surface area contributed by atoms with Gasteiger partial charge in [-0.15, -0.1) is 0 Å². The van der Waals surface area contributed by atoms with Crippen molar-refractivity contribution in [1.29, 1.82) is 0 Å². The second kappa shape index (κ2) is 6.68. The fourth-order valence-corrected chi connectivity index (χ4v) is 4.70. The first-order chi connectivity index (χ1) is 9.54. The van der Waals surface area contributed by atoms with Gasteiger partial charge in [0, 0.05) is 24.4 Å². The predicted molar refractivity (Wildman–Crippen MR) is 81.5 cm³/mol. The first-order valence-electron chi connectivity index (χ1n) is 7.41. The number of pyridine rings is 1. The van der Waals surface area contributed by atoms with Gasteiger partial charge in [0.15, 0.2) is 9.84 Å². The molecule has 20 heavy (non-hydrogen) atoms. The lowest BCUT2D eigenvalue weighted by Gasteiger charge is -2.23. The highest BCUT2D eigenvalue weighted by Gasteiger charge is 2.33. The maximum atomic E-state index is 11.6. The summed E-state index contributed by atoms with van der Waals surface area (Å²) in [4.78, 5) is 4.49. The third-order valence-corrected chi connectivity index (χ3v) is 5.82. The standard InChI is InChI=1S/C15H24N2O2S/c1-3-12-5-6-14(17-10-12)9-15(16-4-2)13-7-8-20(18,19)11-13/h5-6,10,13,15-16H,3-4,7-9,11H2,1-2H3. The smallest absolute Gasteiger partial charge is 0.150 e. The van der Waals surface area contributed by atoms with E-state index in [0.29, 0.717) is 11.5 Å². The molecule has 0 aliphatic carbocycles. The van der Waals surface area contributed by atoms with Crippen LogP contribution in [0.25, 0.3) is 0 Å². The van der Waals surface area contributed by atoms with Crippen molar-refractivity contribution in [2.45, 2.75) is 39.2 Å². The van der Waals surface area contributed by atoms with Crippen molar-refractivity contribution in [1.82, 2.24) is 10.3 Å². The molecule has 0 amide bonds. The summed E-state index contributed by atoms with van der Waals surface area (Å²) in [7, 11) is -2.82. The first kappa shape index (κ1) is 15.4. The zero-order valence-corrected chi connectivity index (χ0v) is 13.1. The Bertz CT molecular complexity index is 525. The summed E-state index contributed by atoms with van der Waals surface area (Å²) in [6, 6.07) is 4.38. The van der Waals surface area contributed by atoms with E-state index in [4.69, 9.17) is 0 Å². The summed E-state index contributed by atoms with van der Waals surface area (Å²) in [5.74, 6) is 0.868. The molecule has 0 radical (unpaired) electrons. The number of sulfone groups is 1. The highest BCUT2D eigenvalue weighted by molar-refractivity contribution is 7.91. The normalized spacial score (nSPS) is 22.8. The van der Waals surface area contributed by atoms with Gasteiger partial charge in [-0.3, -0.25) is 4.98 Å². The van der Waals surface area contributed by atoms with E-state index in [2.05, 4.69) is 36.3 Å². The summed E-state index contributed by atoms with van der Waals surface area (Å²) in [6.07, 6.45) is 4.49. The number of nitrogens with one attached hydrogen (secondary N) is 1. The van der Waals surface area contributed by atoms with Crippen LogP contribution in [0.15, 0.2) is 18.3 Å². The molecule has 0 saturated carbocycles. The molecule has 4 nitrogen and oxygen atoms in total. The summed E-state index contributed by atoms with van der Waals surface area (Å²) < 4.78 is 23.3. The number of hydrogen-bond donors (Lipinski definition) is 1. The molecule has 2 heterocycles. The maximum absolute atomic E-state index is 11.6. The van der Waals surface area contributed by atoms with Crippen LogP contribution in [0, 0.1) is 5.92 Å². The highest BCUT2D eigenvalue weighted by atomic mass is 32.2. The minimum absolute atomic E-state index is 0.206. The Morgan fingerprint density at radius 1 is 1.40 bits per heavy atom. The maximum Gasteiger partial charge on any atom is 0.150 e. The van der Waals surface area contributed by atoms with Gasteiger partial charge in [0.25, 0.3) is 0 Å². The van der Waals surface area contributed by atoms with Gasteiger partial charge in [-0.05, 0) is 36.9 Å². The van der Waals surface area contributed by atoms with Gasteiger partial charge in [0.05, 0.1) is 11.5 Å². The quantitative estimate of drug-likeness (QED) is 0.866. The van der Waals surface area contributed by atoms with Crippen LogP contribution in [-0.4, -0.2) is 37.5 Å². The van der Waals surface area contributed by atoms with Crippen molar-refractivity contribution < 1.29 is 8.42 Å². The van der Waals surface area contributed by atoms with Crippen LogP contribution in [0.3, 0.4) is 0 Å². The Kier molecular flexibility index (Phi) is 5.16. The van der Waals surface area contributed by atoms with Crippen LogP contribution in [0.2, 0.25) is 0 Å². The van der Waals surface area contributed by atoms with E-state index in [0.717, 1.165) is 31.5 Å². The van der Waals surface area contributed by atoms with Crippen LogP contribution in [0.1, 0.15) is 31.5 Å². The topological polar surface area (TPSA) is 59.1 Å². The molecule has 0 bridgehead atoms. The lowest BCUT2D eigenvalue weighted by Crippen LogP contribution is -2.38. The van der Waals surface area contributed by atoms with Gasteiger partial charge in [0.1, 0.15) is 0 Å². The number of likely N-dealkylation sites (N-methyl/N-ethyl adjacent to an activating group) is 1. The van der Waals surface area contributed by atoms with Crippen molar-refractivity contribution in [2.75, 3.05) is 18.1 Å². The number of aryl methyl sites for hydroxylation is 1. The number of hydrogen-bond acceptors (Lipinski definition) is 4. The fourth-order valence-electron chi connectivity index (χ4n) is 2.82. The molecule has 0 spiro atoms. The number of nitrogens with zero attached hydrogens (tertiary/aromatic N) is 1. The molecule has 1 aliphatic heterocycles. The van der Waals surface area contributed by atoms with E-state index in [9.17, 15) is 8.42 Å². The average Bonchev–Trinajstić information content (AvgIpc) is 2.79. The van der Waals surface area contributed by atoms with Crippen LogP contribution >= 0.6 is 0 Å². The minimum atomic E-state index is -2.82. The predicted octanol–water partition coefficient (Wildman–Crippen LogP) is 1.60. The Labute approximate surface area is 121 Å². The molecule has 1 fully saturated rings. The lowest BCUT2D eigenvalue weighted by molar-refractivity contribution is 0.383. The molecule has 1 N–H and O–H groups in total. The molecule has 2 rings (SSSR count). The van der Waals surface area contributed by atoms with Gasteiger partial charge in [0.2, 0.25) is 0 Å². The van der Waals surface area contributed by atoms with Crippen LogP contribution in [0.5, 0.6) is 0 Å². The van der Waals surface area contributed by atoms with E-state index >= 15 is 0 Å². The van der Waals surface area contributed by atoms with Crippen LogP contribution in [0.4, 0.5) is 0 Å². The second-order valence-electron chi connectivity index (χ2n) is 5.54. The SMILES string of the molecule is CCNC(Cc1ccc(CC)cn1)C1CCS(=O)(=O)C1. The van der Waals surface area contributed by atoms with Gasteiger partial charge in [-0.2, -0.15) is 0 Å². The largest absolute Gasteiger partial charge is 0.314 e. The van der Waals surface area contributed by atoms with E-state index in [1.165, 1.54) is 5.56 Å². The molecular weight excluding hydrogens is 272 g/mol. The van der Waals surface area contributed by atoms with Crippen molar-refractivity contribution in [3.63, 3.8) is 0 Å². The molecule has 1 aromatic rings. The second-order valence-corrected chi connectivity index (χ2v) is 7.77. The van der Waals surface area contributed by atoms with Crippen LogP contribution < -0.4 is 5.32 Å². The summed E-state index contributed by atoms with van der Waals surface area (Å²) in [5.41, 5.74) is 2.27. The van der Waals surface area contributed by atoms with Crippen molar-refractivity contribution in [3.8, 4) is 0 Å². The molecule has 5 heteroatoms. The Balaban J connectivity index is 2.05. The number of rotatable bonds is 6. The van der Waals surface area contributed by atoms with Crippen molar-refractivity contribution >= 4 is 9.84 Å². The summed E-state index contributed by atoms with van der Waals surface area (Å²) in [5, 5.41) is 3.43. The van der Waals surface area contributed by atoms with E-state index in [-0.39, 0.29) is 12.0 Å². The van der Waals surface area contributed by atoms with Gasteiger partial charge >= 0.3 is 0 Å². The van der Waals surface area contributed by atoms with E-state index in [1.54, 1.807) is 0 Å². The molecule has 112 valence electrons. The Morgan fingerprint density at radius 2 is 2.20 bits per heavy atom. The molecule has 0 aromatic carbocycles. The molecule has 2 unspecified atom stereocenters. The zero-order valence-electron chi connectivity index (χ0n) is 12.3. The van der Waals surface area contributed by atoms with E-state index in [1.807, 2.05) is 6.20 Å². The third kappa shape index (κ3) is 4.03. The minimum Gasteiger partial charge on any atom is -0.314 e. The monoisotopic (exact) mass is 296 g/mol. The molecule has 1 aliphatic rings. The van der Waals surface area contributed by atoms with Crippen molar-refractivity contribution in [3.05, 3.63) is 29.6 Å². The lowest BCUT2D eigenvalue weighted by atomic mass is 9.94. The van der Waals surface area contributed by atoms with Gasteiger partial charge in [-0.1, -0.05) is 19.9 Å². The molecule has 1 aromatic heterocycles. The van der Waals surface area contributed by atoms with Crippen LogP contribution in [-0.2, 0) is 22.7 Å². The number of aromatic nitrogens is 1. The van der Waals surface area contributed by atoms with Gasteiger partial charge in [-0.25, -0.2) is 8.42 Å². The summed E-state index contributed by atoms with van der Waals surface area (Å²) in [6.45, 7) is 5.03. The molecular formula is C15H24N2O2S. The Morgan fingerprint density at radius 3 is 2.70 bits per heavy atom. The van der Waals surface area contributed by atoms with E-state index < -0.39 is 9.84 Å². The van der Waals surface area contributed by atoms with Gasteiger partial charge < -0.3 is 5.32 Å². The average molecular weight is 296 g/mol. The third-order valence-electron chi connectivity index (χ3n) is 4.03. The van der Waals surface area contributed by atoms with Crippen molar-refractivity contribution in [2.24, 2.45) is 5.92 Å². The Hall–Kier alpha value is -0.940. The summed E-state index contributed by atoms with van der Waals surface area (Å²) >= 11 is 0. The molecule has 1 saturated heterocycles. The zero-order chi connectivity index (χ0) is 14.6. The fraction of sp³-hybridized carbons (Fsp3) is 0.667. The highest BCUT2D eigenvalue weighted by Crippen LogP contribution is 2.23.